The lowest BCUT2D eigenvalue weighted by molar-refractivity contribution is -0.149. The summed E-state index contributed by atoms with van der Waals surface area (Å²) in [5.41, 5.74) is 0.753. The number of carbonyl (C=O) groups excluding carboxylic acids is 5. The van der Waals surface area contributed by atoms with E-state index in [1.54, 1.807) is 6.92 Å². The van der Waals surface area contributed by atoms with Gasteiger partial charge >= 0.3 is 18.0 Å². The first-order chi connectivity index (χ1) is 18.1. The molecule has 2 amide bonds. The molecule has 2 aromatic rings. The number of nitrogens with zero attached hydrogens (tertiary/aromatic N) is 1. The van der Waals surface area contributed by atoms with Crippen LogP contribution in [-0.4, -0.2) is 68.5 Å². The van der Waals surface area contributed by atoms with Gasteiger partial charge in [0, 0.05) is 11.1 Å². The van der Waals surface area contributed by atoms with E-state index in [-0.39, 0.29) is 30.2 Å². The maximum atomic E-state index is 12.7. The standard InChI is InChI=1S/C26H29N3O9/c1-5-36-22(30)14-37-21-12-8-18(9-13-21)23(31)16(2)28-24(32)19-6-10-20(11-7-19)29(15-27)26(34)38-17(3)25(33)35-4/h6-13,15-17,27H,5,14H2,1-4H3,(H,28,32)/t16-,17-/m0/s1. The highest BCUT2D eigenvalue weighted by molar-refractivity contribution is 6.06. The third-order valence-corrected chi connectivity index (χ3v) is 5.09. The largest absolute Gasteiger partial charge is 0.482 e. The predicted octanol–water partition coefficient (Wildman–Crippen LogP) is 2.74. The second-order valence-corrected chi connectivity index (χ2v) is 7.77. The number of nitrogens with one attached hydrogen (secondary N) is 2. The molecule has 0 aromatic heterocycles. The number of ketones is 1. The Kier molecular flexibility index (Phi) is 11.0. The molecule has 0 fully saturated rings. The van der Waals surface area contributed by atoms with Crippen molar-refractivity contribution < 1.29 is 42.9 Å². The Morgan fingerprint density at radius 2 is 1.58 bits per heavy atom. The van der Waals surface area contributed by atoms with Crippen LogP contribution in [0.2, 0.25) is 0 Å². The second-order valence-electron chi connectivity index (χ2n) is 7.77. The first-order valence-corrected chi connectivity index (χ1v) is 11.5. The molecule has 0 saturated carbocycles. The van der Waals surface area contributed by atoms with Crippen LogP contribution in [-0.2, 0) is 23.8 Å². The summed E-state index contributed by atoms with van der Waals surface area (Å²) in [6, 6.07) is 10.9. The zero-order valence-electron chi connectivity index (χ0n) is 21.4. The minimum absolute atomic E-state index is 0.206. The van der Waals surface area contributed by atoms with Gasteiger partial charge in [-0.25, -0.2) is 19.3 Å². The molecule has 2 aromatic carbocycles. The highest BCUT2D eigenvalue weighted by Crippen LogP contribution is 2.17. The fourth-order valence-electron chi connectivity index (χ4n) is 3.08. The molecule has 0 bridgehead atoms. The number of Topliss-reactive ketones (excluding diaryl/α,β-unsaturated/α-hetero) is 1. The minimum Gasteiger partial charge on any atom is -0.482 e. The van der Waals surface area contributed by atoms with E-state index >= 15 is 0 Å². The van der Waals surface area contributed by atoms with Crippen molar-refractivity contribution in [3.63, 3.8) is 0 Å². The van der Waals surface area contributed by atoms with Gasteiger partial charge in [0.1, 0.15) is 5.75 Å². The predicted molar refractivity (Wildman–Crippen MR) is 135 cm³/mol. The highest BCUT2D eigenvalue weighted by Gasteiger charge is 2.23. The SMILES string of the molecule is CCOC(=O)COc1ccc(C(=O)[C@H](C)NC(=O)c2ccc(N(C=N)C(=O)O[C@@H](C)C(=O)OC)cc2)cc1. The molecule has 0 aliphatic rings. The van der Waals surface area contributed by atoms with E-state index in [0.29, 0.717) is 17.7 Å². The van der Waals surface area contributed by atoms with E-state index in [1.165, 1.54) is 62.4 Å². The molecule has 0 saturated heterocycles. The average molecular weight is 528 g/mol. The molecule has 2 N–H and O–H groups in total. The molecule has 0 radical (unpaired) electrons. The topological polar surface area (TPSA) is 161 Å². The van der Waals surface area contributed by atoms with E-state index in [0.717, 1.165) is 12.0 Å². The molecular weight excluding hydrogens is 498 g/mol. The molecule has 0 spiro atoms. The molecule has 0 heterocycles. The van der Waals surface area contributed by atoms with Crippen molar-refractivity contribution in [3.8, 4) is 5.75 Å². The molecule has 2 atom stereocenters. The molecule has 0 unspecified atom stereocenters. The summed E-state index contributed by atoms with van der Waals surface area (Å²) in [5, 5.41) is 10.1. The quantitative estimate of drug-likeness (QED) is 0.139. The van der Waals surface area contributed by atoms with E-state index in [9.17, 15) is 24.0 Å². The van der Waals surface area contributed by atoms with Crippen molar-refractivity contribution in [2.75, 3.05) is 25.2 Å². The number of ether oxygens (including phenoxy) is 4. The Morgan fingerprint density at radius 3 is 2.13 bits per heavy atom. The van der Waals surface area contributed by atoms with Crippen molar-refractivity contribution >= 4 is 41.7 Å². The second kappa shape index (κ2) is 14.1. The summed E-state index contributed by atoms with van der Waals surface area (Å²) >= 11 is 0. The molecule has 0 aliphatic carbocycles. The molecule has 202 valence electrons. The Hall–Kier alpha value is -4.74. The molecule has 2 rings (SSSR count). The Labute approximate surface area is 219 Å². The summed E-state index contributed by atoms with van der Waals surface area (Å²) < 4.78 is 19.5. The zero-order valence-corrected chi connectivity index (χ0v) is 21.4. The van der Waals surface area contributed by atoms with Gasteiger partial charge in [-0.15, -0.1) is 0 Å². The first kappa shape index (κ1) is 29.5. The van der Waals surface area contributed by atoms with Crippen LogP contribution in [0.5, 0.6) is 5.75 Å². The van der Waals surface area contributed by atoms with Gasteiger partial charge in [0.15, 0.2) is 18.5 Å². The van der Waals surface area contributed by atoms with Crippen LogP contribution in [0.3, 0.4) is 0 Å². The molecular formula is C26H29N3O9. The smallest absolute Gasteiger partial charge is 0.420 e. The summed E-state index contributed by atoms with van der Waals surface area (Å²) in [6.45, 7) is 4.55. The summed E-state index contributed by atoms with van der Waals surface area (Å²) in [7, 11) is 1.15. The van der Waals surface area contributed by atoms with Gasteiger partial charge in [0.05, 0.1) is 31.8 Å². The van der Waals surface area contributed by atoms with Gasteiger partial charge in [-0.2, -0.15) is 0 Å². The maximum Gasteiger partial charge on any atom is 0.420 e. The highest BCUT2D eigenvalue weighted by atomic mass is 16.6. The zero-order chi connectivity index (χ0) is 28.2. The third kappa shape index (κ3) is 8.15. The summed E-state index contributed by atoms with van der Waals surface area (Å²) in [5.74, 6) is -1.75. The summed E-state index contributed by atoms with van der Waals surface area (Å²) in [6.07, 6.45) is -1.45. The molecule has 12 nitrogen and oxygen atoms in total. The van der Waals surface area contributed by atoms with Gasteiger partial charge in [0.25, 0.3) is 5.91 Å². The van der Waals surface area contributed by atoms with Crippen LogP contribution < -0.4 is 15.0 Å². The van der Waals surface area contributed by atoms with Crippen molar-refractivity contribution in [2.45, 2.75) is 32.9 Å². The molecule has 12 heteroatoms. The third-order valence-electron chi connectivity index (χ3n) is 5.09. The maximum absolute atomic E-state index is 12.7. The van der Waals surface area contributed by atoms with Gasteiger partial charge < -0.3 is 24.3 Å². The van der Waals surface area contributed by atoms with Gasteiger partial charge in [-0.05, 0) is 69.3 Å². The number of anilines is 1. The number of hydrogen-bond acceptors (Lipinski definition) is 10. The first-order valence-electron chi connectivity index (χ1n) is 11.5. The molecule has 38 heavy (non-hydrogen) atoms. The number of amides is 2. The van der Waals surface area contributed by atoms with Crippen molar-refractivity contribution in [3.05, 3.63) is 59.7 Å². The summed E-state index contributed by atoms with van der Waals surface area (Å²) in [4.78, 5) is 61.4. The van der Waals surface area contributed by atoms with Gasteiger partial charge in [0.2, 0.25) is 0 Å². The Balaban J connectivity index is 1.98. The average Bonchev–Trinajstić information content (AvgIpc) is 2.92. The van der Waals surface area contributed by atoms with Crippen LogP contribution in [0.4, 0.5) is 10.5 Å². The minimum atomic E-state index is -1.17. The fourth-order valence-corrected chi connectivity index (χ4v) is 3.08. The number of benzene rings is 2. The lowest BCUT2D eigenvalue weighted by Crippen LogP contribution is -2.38. The van der Waals surface area contributed by atoms with Crippen molar-refractivity contribution in [1.82, 2.24) is 5.32 Å². The normalized spacial score (nSPS) is 11.8. The van der Waals surface area contributed by atoms with Crippen LogP contribution >= 0.6 is 0 Å². The Morgan fingerprint density at radius 1 is 0.974 bits per heavy atom. The molecule has 0 aliphatic heterocycles. The lowest BCUT2D eigenvalue weighted by Gasteiger charge is -2.19. The van der Waals surface area contributed by atoms with Crippen molar-refractivity contribution in [2.24, 2.45) is 0 Å². The van der Waals surface area contributed by atoms with Crippen LogP contribution in [0, 0.1) is 5.41 Å². The fraction of sp³-hybridized carbons (Fsp3) is 0.308. The lowest BCUT2D eigenvalue weighted by atomic mass is 10.0. The van der Waals surface area contributed by atoms with Crippen LogP contribution in [0.25, 0.3) is 0 Å². The van der Waals surface area contributed by atoms with Crippen LogP contribution in [0.1, 0.15) is 41.5 Å². The number of esters is 2. The van der Waals surface area contributed by atoms with Gasteiger partial charge in [-0.1, -0.05) is 0 Å². The van der Waals surface area contributed by atoms with E-state index < -0.39 is 36.1 Å². The van der Waals surface area contributed by atoms with E-state index in [2.05, 4.69) is 10.1 Å². The monoisotopic (exact) mass is 527 g/mol. The number of methoxy groups -OCH3 is 1. The number of rotatable bonds is 12. The van der Waals surface area contributed by atoms with Crippen LogP contribution in [0.15, 0.2) is 48.5 Å². The van der Waals surface area contributed by atoms with Gasteiger partial charge in [-0.3, -0.25) is 15.0 Å². The number of carbonyl (C=O) groups is 5. The van der Waals surface area contributed by atoms with Crippen molar-refractivity contribution in [1.29, 1.82) is 5.41 Å². The van der Waals surface area contributed by atoms with E-state index in [1.807, 2.05) is 0 Å². The number of hydrogen-bond donors (Lipinski definition) is 2. The Bertz CT molecular complexity index is 1160. The van der Waals surface area contributed by atoms with E-state index in [4.69, 9.17) is 19.6 Å².